The van der Waals surface area contributed by atoms with E-state index >= 15 is 0 Å². The number of halogens is 2. The fraction of sp³-hybridized carbons (Fsp3) is 0.455. The summed E-state index contributed by atoms with van der Waals surface area (Å²) >= 11 is 5.87. The Hall–Kier alpha value is -0.930. The van der Waals surface area contributed by atoms with Crippen LogP contribution in [0.4, 0.5) is 5.69 Å². The summed E-state index contributed by atoms with van der Waals surface area (Å²) in [5.74, 6) is 0.140. The van der Waals surface area contributed by atoms with Crippen molar-refractivity contribution in [1.82, 2.24) is 4.31 Å². The predicted octanol–water partition coefficient (Wildman–Crippen LogP) is 1.64. The second-order valence-corrected chi connectivity index (χ2v) is 6.94. The number of nitro benzene ring substituents is 1. The lowest BCUT2D eigenvalue weighted by molar-refractivity contribution is -0.384. The highest BCUT2D eigenvalue weighted by atomic mass is 35.5. The lowest BCUT2D eigenvalue weighted by atomic mass is 10.1. The van der Waals surface area contributed by atoms with Gasteiger partial charge in [0.1, 0.15) is 4.90 Å². The average Bonchev–Trinajstić information content (AvgIpc) is 2.87. The fourth-order valence-corrected chi connectivity index (χ4v) is 4.20. The first-order chi connectivity index (χ1) is 9.36. The van der Waals surface area contributed by atoms with Crippen LogP contribution in [0.1, 0.15) is 6.42 Å². The number of hydrogen-bond acceptors (Lipinski definition) is 5. The molecule has 1 aliphatic heterocycles. The minimum absolute atomic E-state index is 0. The lowest BCUT2D eigenvalue weighted by Crippen LogP contribution is -2.30. The Morgan fingerprint density at radius 2 is 2.14 bits per heavy atom. The van der Waals surface area contributed by atoms with E-state index in [0.29, 0.717) is 26.1 Å². The van der Waals surface area contributed by atoms with E-state index in [1.807, 2.05) is 0 Å². The molecule has 0 aromatic heterocycles. The number of benzene rings is 1. The number of hydrogen-bond donors (Lipinski definition) is 1. The van der Waals surface area contributed by atoms with E-state index in [4.69, 9.17) is 17.3 Å². The maximum Gasteiger partial charge on any atom is 0.271 e. The van der Waals surface area contributed by atoms with Crippen LogP contribution in [0, 0.1) is 16.0 Å². The molecule has 0 radical (unpaired) electrons. The van der Waals surface area contributed by atoms with Crippen molar-refractivity contribution in [3.05, 3.63) is 33.3 Å². The third kappa shape index (κ3) is 3.64. The highest BCUT2D eigenvalue weighted by molar-refractivity contribution is 7.89. The van der Waals surface area contributed by atoms with Crippen molar-refractivity contribution in [3.8, 4) is 0 Å². The summed E-state index contributed by atoms with van der Waals surface area (Å²) in [5.41, 5.74) is 5.30. The van der Waals surface area contributed by atoms with Crippen molar-refractivity contribution < 1.29 is 13.3 Å². The molecule has 0 spiro atoms. The van der Waals surface area contributed by atoms with Crippen LogP contribution in [-0.2, 0) is 10.0 Å². The molecular formula is C11H15Cl2N3O4S. The van der Waals surface area contributed by atoms with Gasteiger partial charge in [0.15, 0.2) is 0 Å². The lowest BCUT2D eigenvalue weighted by Gasteiger charge is -2.17. The summed E-state index contributed by atoms with van der Waals surface area (Å²) in [6, 6.07) is 3.35. The molecule has 1 aliphatic rings. The van der Waals surface area contributed by atoms with E-state index in [-0.39, 0.29) is 33.9 Å². The first-order valence-electron chi connectivity index (χ1n) is 6.00. The molecule has 1 aromatic carbocycles. The van der Waals surface area contributed by atoms with E-state index in [2.05, 4.69) is 0 Å². The molecule has 1 unspecified atom stereocenters. The molecule has 21 heavy (non-hydrogen) atoms. The van der Waals surface area contributed by atoms with Crippen LogP contribution in [0.3, 0.4) is 0 Å². The van der Waals surface area contributed by atoms with Gasteiger partial charge in [-0.3, -0.25) is 10.1 Å². The predicted molar refractivity (Wildman–Crippen MR) is 81.3 cm³/mol. The fourth-order valence-electron chi connectivity index (χ4n) is 2.16. The van der Waals surface area contributed by atoms with Crippen LogP contribution in [0.15, 0.2) is 23.1 Å². The molecule has 1 heterocycles. The van der Waals surface area contributed by atoms with E-state index in [1.165, 1.54) is 10.4 Å². The second kappa shape index (κ2) is 6.89. The summed E-state index contributed by atoms with van der Waals surface area (Å²) < 4.78 is 26.2. The minimum Gasteiger partial charge on any atom is -0.330 e. The van der Waals surface area contributed by atoms with Crippen LogP contribution in [0.5, 0.6) is 0 Å². The Morgan fingerprint density at radius 3 is 2.62 bits per heavy atom. The zero-order valence-electron chi connectivity index (χ0n) is 10.9. The van der Waals surface area contributed by atoms with Crippen LogP contribution >= 0.6 is 24.0 Å². The van der Waals surface area contributed by atoms with Gasteiger partial charge in [0.05, 0.1) is 9.95 Å². The average molecular weight is 356 g/mol. The molecular weight excluding hydrogens is 341 g/mol. The summed E-state index contributed by atoms with van der Waals surface area (Å²) in [6.07, 6.45) is 0.709. The zero-order valence-corrected chi connectivity index (χ0v) is 13.3. The SMILES string of the molecule is Cl.NCC1CCN(S(=O)(=O)c2ccc([N+](=O)[O-])cc2Cl)C1. The molecule has 1 saturated heterocycles. The summed E-state index contributed by atoms with van der Waals surface area (Å²) in [4.78, 5) is 9.89. The van der Waals surface area contributed by atoms with Gasteiger partial charge < -0.3 is 5.73 Å². The monoisotopic (exact) mass is 355 g/mol. The normalized spacial score (nSPS) is 19.2. The van der Waals surface area contributed by atoms with Crippen molar-refractivity contribution in [3.63, 3.8) is 0 Å². The Morgan fingerprint density at radius 1 is 1.48 bits per heavy atom. The number of nitro groups is 1. The number of sulfonamides is 1. The molecule has 10 heteroatoms. The molecule has 7 nitrogen and oxygen atoms in total. The topological polar surface area (TPSA) is 107 Å². The van der Waals surface area contributed by atoms with E-state index in [0.717, 1.165) is 12.1 Å². The molecule has 118 valence electrons. The number of rotatable bonds is 4. The number of nitrogens with zero attached hydrogens (tertiary/aromatic N) is 2. The summed E-state index contributed by atoms with van der Waals surface area (Å²) in [5, 5.41) is 10.5. The van der Waals surface area contributed by atoms with Gasteiger partial charge in [0.2, 0.25) is 10.0 Å². The summed E-state index contributed by atoms with van der Waals surface area (Å²) in [6.45, 7) is 1.17. The number of non-ortho nitro benzene ring substituents is 1. The molecule has 0 bridgehead atoms. The molecule has 1 atom stereocenters. The quantitative estimate of drug-likeness (QED) is 0.652. The Balaban J connectivity index is 0.00000220. The molecule has 0 amide bonds. The molecule has 0 aliphatic carbocycles. The first-order valence-corrected chi connectivity index (χ1v) is 7.82. The number of nitrogens with two attached hydrogens (primary N) is 1. The van der Waals surface area contributed by atoms with Gasteiger partial charge in [-0.2, -0.15) is 4.31 Å². The van der Waals surface area contributed by atoms with Crippen molar-refractivity contribution in [2.45, 2.75) is 11.3 Å². The van der Waals surface area contributed by atoms with Crippen molar-refractivity contribution in [2.75, 3.05) is 19.6 Å². The van der Waals surface area contributed by atoms with Crippen molar-refractivity contribution >= 4 is 39.7 Å². The van der Waals surface area contributed by atoms with Crippen LogP contribution in [-0.4, -0.2) is 37.3 Å². The van der Waals surface area contributed by atoms with Crippen LogP contribution in [0.2, 0.25) is 5.02 Å². The second-order valence-electron chi connectivity index (χ2n) is 4.63. The molecule has 1 aromatic rings. The van der Waals surface area contributed by atoms with Gasteiger partial charge >= 0.3 is 0 Å². The third-order valence-corrected chi connectivity index (χ3v) is 5.67. The largest absolute Gasteiger partial charge is 0.330 e. The first kappa shape index (κ1) is 18.1. The van der Waals surface area contributed by atoms with Gasteiger partial charge in [-0.05, 0) is 24.9 Å². The smallest absolute Gasteiger partial charge is 0.271 e. The third-order valence-electron chi connectivity index (χ3n) is 3.33. The Labute approximate surface area is 133 Å². The van der Waals surface area contributed by atoms with Crippen LogP contribution in [0.25, 0.3) is 0 Å². The maximum atomic E-state index is 12.4. The highest BCUT2D eigenvalue weighted by Crippen LogP contribution is 2.30. The van der Waals surface area contributed by atoms with Gasteiger partial charge in [0.25, 0.3) is 5.69 Å². The van der Waals surface area contributed by atoms with Gasteiger partial charge in [0, 0.05) is 25.2 Å². The van der Waals surface area contributed by atoms with Crippen molar-refractivity contribution in [2.24, 2.45) is 11.7 Å². The van der Waals surface area contributed by atoms with E-state index < -0.39 is 14.9 Å². The van der Waals surface area contributed by atoms with Crippen LogP contribution < -0.4 is 5.73 Å². The zero-order chi connectivity index (χ0) is 14.9. The molecule has 2 N–H and O–H groups in total. The van der Waals surface area contributed by atoms with E-state index in [9.17, 15) is 18.5 Å². The Kier molecular flexibility index (Phi) is 5.94. The van der Waals surface area contributed by atoms with Gasteiger partial charge in [-0.1, -0.05) is 11.6 Å². The molecule has 0 saturated carbocycles. The standard InChI is InChI=1S/C11H14ClN3O4S.ClH/c12-10-5-9(15(16)17)1-2-11(10)20(18,19)14-4-3-8(6-13)7-14;/h1-2,5,8H,3-4,6-7,13H2;1H. The van der Waals surface area contributed by atoms with Gasteiger partial charge in [-0.15, -0.1) is 12.4 Å². The van der Waals surface area contributed by atoms with E-state index in [1.54, 1.807) is 0 Å². The Bertz CT molecular complexity index is 638. The minimum atomic E-state index is -3.73. The highest BCUT2D eigenvalue weighted by Gasteiger charge is 2.33. The summed E-state index contributed by atoms with van der Waals surface area (Å²) in [7, 11) is -3.73. The molecule has 2 rings (SSSR count). The van der Waals surface area contributed by atoms with Crippen molar-refractivity contribution in [1.29, 1.82) is 0 Å². The molecule has 1 fully saturated rings. The van der Waals surface area contributed by atoms with Gasteiger partial charge in [-0.25, -0.2) is 8.42 Å². The maximum absolute atomic E-state index is 12.4.